The number of likely N-dealkylation sites (N-methyl/N-ethyl adjacent to an activating group) is 1. The van der Waals surface area contributed by atoms with Crippen molar-refractivity contribution < 1.29 is 9.59 Å². The number of likely N-dealkylation sites (tertiary alicyclic amines) is 1. The topological polar surface area (TPSA) is 49.4 Å². The summed E-state index contributed by atoms with van der Waals surface area (Å²) >= 11 is 0. The van der Waals surface area contributed by atoms with Crippen LogP contribution in [0.15, 0.2) is 0 Å². The van der Waals surface area contributed by atoms with Crippen molar-refractivity contribution >= 4 is 11.7 Å². The molecule has 0 aromatic carbocycles. The van der Waals surface area contributed by atoms with Crippen molar-refractivity contribution in [3.05, 3.63) is 0 Å². The van der Waals surface area contributed by atoms with Crippen molar-refractivity contribution in [3.63, 3.8) is 0 Å². The van der Waals surface area contributed by atoms with Crippen molar-refractivity contribution in [1.29, 1.82) is 0 Å². The van der Waals surface area contributed by atoms with E-state index >= 15 is 0 Å². The van der Waals surface area contributed by atoms with Gasteiger partial charge in [0.25, 0.3) is 0 Å². The minimum atomic E-state index is -0.0991. The van der Waals surface area contributed by atoms with Gasteiger partial charge in [-0.2, -0.15) is 0 Å². The van der Waals surface area contributed by atoms with E-state index in [0.29, 0.717) is 6.54 Å². The Morgan fingerprint density at radius 2 is 2.19 bits per heavy atom. The molecule has 0 aromatic rings. The molecule has 1 rings (SSSR count). The molecule has 1 aliphatic heterocycles. The van der Waals surface area contributed by atoms with Crippen LogP contribution >= 0.6 is 0 Å². The van der Waals surface area contributed by atoms with Crippen LogP contribution in [0.3, 0.4) is 0 Å². The smallest absolute Gasteiger partial charge is 0.237 e. The second-order valence-corrected chi connectivity index (χ2v) is 4.52. The molecule has 4 nitrogen and oxygen atoms in total. The van der Waals surface area contributed by atoms with E-state index in [9.17, 15) is 9.59 Å². The Balaban J connectivity index is 2.53. The zero-order valence-corrected chi connectivity index (χ0v) is 10.5. The maximum Gasteiger partial charge on any atom is 0.237 e. The monoisotopic (exact) mass is 226 g/mol. The Kier molecular flexibility index (Phi) is 4.93. The zero-order valence-electron chi connectivity index (χ0n) is 10.5. The molecule has 0 saturated carbocycles. The number of hydrogen-bond donors (Lipinski definition) is 1. The molecule has 0 radical (unpaired) electrons. The lowest BCUT2D eigenvalue weighted by molar-refractivity contribution is -0.127. The molecule has 1 fully saturated rings. The minimum absolute atomic E-state index is 0.0365. The van der Waals surface area contributed by atoms with Crippen LogP contribution in [0.5, 0.6) is 0 Å². The summed E-state index contributed by atoms with van der Waals surface area (Å²) in [4.78, 5) is 25.4. The van der Waals surface area contributed by atoms with Gasteiger partial charge < -0.3 is 5.32 Å². The lowest BCUT2D eigenvalue weighted by atomic mass is 10.0. The van der Waals surface area contributed by atoms with E-state index in [4.69, 9.17) is 0 Å². The summed E-state index contributed by atoms with van der Waals surface area (Å²) in [5, 5.41) is 2.66. The predicted octanol–water partition coefficient (Wildman–Crippen LogP) is 0.812. The molecule has 1 saturated heterocycles. The highest BCUT2D eigenvalue weighted by Crippen LogP contribution is 2.18. The van der Waals surface area contributed by atoms with E-state index in [2.05, 4.69) is 5.32 Å². The van der Waals surface area contributed by atoms with E-state index in [1.807, 2.05) is 18.7 Å². The molecular weight excluding hydrogens is 204 g/mol. The molecule has 4 heteroatoms. The normalized spacial score (nSPS) is 23.1. The van der Waals surface area contributed by atoms with Crippen LogP contribution in [0, 0.1) is 5.92 Å². The molecule has 0 aliphatic carbocycles. The Morgan fingerprint density at radius 3 is 2.75 bits per heavy atom. The van der Waals surface area contributed by atoms with Crippen LogP contribution < -0.4 is 5.32 Å². The molecule has 0 aromatic heterocycles. The molecule has 16 heavy (non-hydrogen) atoms. The van der Waals surface area contributed by atoms with Crippen LogP contribution in [-0.2, 0) is 9.59 Å². The molecule has 92 valence electrons. The fourth-order valence-electron chi connectivity index (χ4n) is 2.06. The van der Waals surface area contributed by atoms with Gasteiger partial charge in [-0.25, -0.2) is 0 Å². The number of carbonyl (C=O) groups is 2. The number of hydrogen-bond acceptors (Lipinski definition) is 3. The van der Waals surface area contributed by atoms with Gasteiger partial charge >= 0.3 is 0 Å². The summed E-state index contributed by atoms with van der Waals surface area (Å²) in [5.41, 5.74) is 0. The van der Waals surface area contributed by atoms with Crippen molar-refractivity contribution in [2.75, 3.05) is 20.1 Å². The van der Waals surface area contributed by atoms with E-state index in [1.165, 1.54) is 0 Å². The van der Waals surface area contributed by atoms with Gasteiger partial charge in [0, 0.05) is 13.0 Å². The maximum atomic E-state index is 11.8. The maximum absolute atomic E-state index is 11.8. The SMILES string of the molecule is CCC(C)C(=O)CN1CCCC1C(=O)NC. The predicted molar refractivity (Wildman–Crippen MR) is 63.1 cm³/mol. The molecule has 1 amide bonds. The molecule has 1 heterocycles. The average Bonchev–Trinajstić information content (AvgIpc) is 2.74. The molecule has 2 unspecified atom stereocenters. The molecule has 0 spiro atoms. The summed E-state index contributed by atoms with van der Waals surface area (Å²) in [5.74, 6) is 0.388. The number of ketones is 1. The fourth-order valence-corrected chi connectivity index (χ4v) is 2.06. The summed E-state index contributed by atoms with van der Waals surface area (Å²) in [7, 11) is 1.65. The number of nitrogens with one attached hydrogen (secondary N) is 1. The number of carbonyl (C=O) groups excluding carboxylic acids is 2. The van der Waals surface area contributed by atoms with E-state index < -0.39 is 0 Å². The third-order valence-electron chi connectivity index (χ3n) is 3.43. The van der Waals surface area contributed by atoms with Crippen LogP contribution in [0.25, 0.3) is 0 Å². The molecular formula is C12H22N2O2. The van der Waals surface area contributed by atoms with Gasteiger partial charge in [0.05, 0.1) is 12.6 Å². The second kappa shape index (κ2) is 5.99. The van der Waals surface area contributed by atoms with Crippen molar-refractivity contribution in [1.82, 2.24) is 10.2 Å². The highest BCUT2D eigenvalue weighted by molar-refractivity contribution is 5.85. The third kappa shape index (κ3) is 3.04. The van der Waals surface area contributed by atoms with E-state index in [-0.39, 0.29) is 23.7 Å². The van der Waals surface area contributed by atoms with Gasteiger partial charge in [0.1, 0.15) is 5.78 Å². The second-order valence-electron chi connectivity index (χ2n) is 4.52. The molecule has 0 bridgehead atoms. The van der Waals surface area contributed by atoms with Crippen LogP contribution in [0.4, 0.5) is 0 Å². The first-order valence-electron chi connectivity index (χ1n) is 6.08. The number of amides is 1. The first-order chi connectivity index (χ1) is 7.60. The molecule has 1 N–H and O–H groups in total. The Labute approximate surface area is 97.4 Å². The summed E-state index contributed by atoms with van der Waals surface area (Å²) in [6, 6.07) is -0.0991. The summed E-state index contributed by atoms with van der Waals surface area (Å²) in [6.45, 7) is 5.25. The zero-order chi connectivity index (χ0) is 12.1. The number of rotatable bonds is 5. The van der Waals surface area contributed by atoms with Gasteiger partial charge in [0.15, 0.2) is 0 Å². The Bertz CT molecular complexity index is 266. The van der Waals surface area contributed by atoms with Gasteiger partial charge in [-0.3, -0.25) is 14.5 Å². The first kappa shape index (κ1) is 13.2. The van der Waals surface area contributed by atoms with E-state index in [1.54, 1.807) is 7.05 Å². The highest BCUT2D eigenvalue weighted by atomic mass is 16.2. The summed E-state index contributed by atoms with van der Waals surface area (Å²) in [6.07, 6.45) is 2.75. The first-order valence-corrected chi connectivity index (χ1v) is 6.08. The van der Waals surface area contributed by atoms with Gasteiger partial charge in [-0.1, -0.05) is 13.8 Å². The van der Waals surface area contributed by atoms with Crippen molar-refractivity contribution in [3.8, 4) is 0 Å². The van der Waals surface area contributed by atoms with Gasteiger partial charge in [-0.05, 0) is 25.8 Å². The van der Waals surface area contributed by atoms with Crippen LogP contribution in [0.1, 0.15) is 33.1 Å². The Hall–Kier alpha value is -0.900. The molecule has 2 atom stereocenters. The average molecular weight is 226 g/mol. The van der Waals surface area contributed by atoms with Crippen molar-refractivity contribution in [2.45, 2.75) is 39.2 Å². The number of nitrogens with zero attached hydrogens (tertiary/aromatic N) is 1. The minimum Gasteiger partial charge on any atom is -0.358 e. The quantitative estimate of drug-likeness (QED) is 0.755. The lowest BCUT2D eigenvalue weighted by Crippen LogP contribution is -2.44. The van der Waals surface area contributed by atoms with Gasteiger partial charge in [0.2, 0.25) is 5.91 Å². The van der Waals surface area contributed by atoms with Crippen molar-refractivity contribution in [2.24, 2.45) is 5.92 Å². The lowest BCUT2D eigenvalue weighted by Gasteiger charge is -2.23. The highest BCUT2D eigenvalue weighted by Gasteiger charge is 2.31. The largest absolute Gasteiger partial charge is 0.358 e. The van der Waals surface area contributed by atoms with Crippen LogP contribution in [-0.4, -0.2) is 42.8 Å². The number of Topliss-reactive ketones (excluding diaryl/α,β-unsaturated/α-hetero) is 1. The third-order valence-corrected chi connectivity index (χ3v) is 3.43. The van der Waals surface area contributed by atoms with E-state index in [0.717, 1.165) is 25.8 Å². The summed E-state index contributed by atoms with van der Waals surface area (Å²) < 4.78 is 0. The Morgan fingerprint density at radius 1 is 1.50 bits per heavy atom. The molecule has 1 aliphatic rings. The standard InChI is InChI=1S/C12H22N2O2/c1-4-9(2)11(15)8-14-7-5-6-10(14)12(16)13-3/h9-10H,4-8H2,1-3H3,(H,13,16). The fraction of sp³-hybridized carbons (Fsp3) is 0.833. The van der Waals surface area contributed by atoms with Gasteiger partial charge in [-0.15, -0.1) is 0 Å². The van der Waals surface area contributed by atoms with Crippen LogP contribution in [0.2, 0.25) is 0 Å².